The molecule has 74 valence electrons. The Morgan fingerprint density at radius 3 is 2.92 bits per heavy atom. The Morgan fingerprint density at radius 2 is 2.31 bits per heavy atom. The molecule has 0 aromatic rings. The van der Waals surface area contributed by atoms with Crippen LogP contribution in [0.25, 0.3) is 0 Å². The Hall–Kier alpha value is -0.340. The molecule has 1 aliphatic heterocycles. The van der Waals surface area contributed by atoms with Crippen molar-refractivity contribution < 1.29 is 0 Å². The van der Waals surface area contributed by atoms with Crippen LogP contribution < -0.4 is 5.32 Å². The van der Waals surface area contributed by atoms with Gasteiger partial charge in [0.1, 0.15) is 0 Å². The molecule has 0 aromatic heterocycles. The van der Waals surface area contributed by atoms with Crippen molar-refractivity contribution in [3.05, 3.63) is 12.2 Å². The van der Waals surface area contributed by atoms with E-state index in [1.165, 1.54) is 38.8 Å². The lowest BCUT2D eigenvalue weighted by Gasteiger charge is -2.22. The highest BCUT2D eigenvalue weighted by atomic mass is 15.2. The largest absolute Gasteiger partial charge is 0.306 e. The number of likely N-dealkylation sites (N-methyl/N-ethyl adjacent to an activating group) is 1. The fraction of sp³-hybridized carbons (Fsp3) is 0.818. The quantitative estimate of drug-likeness (QED) is 0.646. The SMILES string of the molecule is CN1CCC(NC2C=CCCC2)C1. The van der Waals surface area contributed by atoms with Gasteiger partial charge in [0.25, 0.3) is 0 Å². The number of nitrogens with one attached hydrogen (secondary N) is 1. The van der Waals surface area contributed by atoms with E-state index in [2.05, 4.69) is 29.4 Å². The first-order valence-electron chi connectivity index (χ1n) is 5.46. The Morgan fingerprint density at radius 1 is 1.38 bits per heavy atom. The maximum Gasteiger partial charge on any atom is 0.0253 e. The van der Waals surface area contributed by atoms with Crippen LogP contribution in [0.5, 0.6) is 0 Å². The summed E-state index contributed by atoms with van der Waals surface area (Å²) < 4.78 is 0. The molecule has 0 radical (unpaired) electrons. The summed E-state index contributed by atoms with van der Waals surface area (Å²) in [5.74, 6) is 0. The maximum atomic E-state index is 3.72. The molecule has 2 unspecified atom stereocenters. The van der Waals surface area contributed by atoms with Crippen molar-refractivity contribution in [3.63, 3.8) is 0 Å². The van der Waals surface area contributed by atoms with Gasteiger partial charge in [-0.05, 0) is 39.3 Å². The molecule has 0 aromatic carbocycles. The Labute approximate surface area is 81.0 Å². The summed E-state index contributed by atoms with van der Waals surface area (Å²) in [6.07, 6.45) is 9.96. The molecule has 1 heterocycles. The van der Waals surface area contributed by atoms with Crippen molar-refractivity contribution in [2.24, 2.45) is 0 Å². The number of hydrogen-bond donors (Lipinski definition) is 1. The average molecular weight is 180 g/mol. The summed E-state index contributed by atoms with van der Waals surface area (Å²) in [6.45, 7) is 2.48. The first-order chi connectivity index (χ1) is 6.34. The summed E-state index contributed by atoms with van der Waals surface area (Å²) in [5, 5.41) is 3.72. The Balaban J connectivity index is 1.77. The molecule has 2 heteroatoms. The van der Waals surface area contributed by atoms with Gasteiger partial charge in [0, 0.05) is 18.6 Å². The summed E-state index contributed by atoms with van der Waals surface area (Å²) in [5.41, 5.74) is 0. The summed E-state index contributed by atoms with van der Waals surface area (Å²) >= 11 is 0. The summed E-state index contributed by atoms with van der Waals surface area (Å²) in [7, 11) is 2.21. The van der Waals surface area contributed by atoms with E-state index in [0.29, 0.717) is 6.04 Å². The second-order valence-electron chi connectivity index (χ2n) is 4.38. The van der Waals surface area contributed by atoms with Crippen LogP contribution in [0.15, 0.2) is 12.2 Å². The Bertz CT molecular complexity index is 189. The van der Waals surface area contributed by atoms with Crippen LogP contribution in [0.2, 0.25) is 0 Å². The fourth-order valence-corrected chi connectivity index (χ4v) is 2.33. The molecule has 0 spiro atoms. The summed E-state index contributed by atoms with van der Waals surface area (Å²) in [4.78, 5) is 2.41. The molecule has 1 N–H and O–H groups in total. The smallest absolute Gasteiger partial charge is 0.0253 e. The molecule has 2 atom stereocenters. The summed E-state index contributed by atoms with van der Waals surface area (Å²) in [6, 6.07) is 1.39. The molecule has 1 fully saturated rings. The highest BCUT2D eigenvalue weighted by molar-refractivity contribution is 4.99. The third-order valence-electron chi connectivity index (χ3n) is 3.10. The van der Waals surface area contributed by atoms with E-state index < -0.39 is 0 Å². The lowest BCUT2D eigenvalue weighted by Crippen LogP contribution is -2.39. The molecule has 1 saturated heterocycles. The minimum atomic E-state index is 0.658. The van der Waals surface area contributed by atoms with E-state index in [1.54, 1.807) is 0 Å². The van der Waals surface area contributed by atoms with Gasteiger partial charge in [0.2, 0.25) is 0 Å². The van der Waals surface area contributed by atoms with Gasteiger partial charge in [-0.3, -0.25) is 0 Å². The average Bonchev–Trinajstić information content (AvgIpc) is 2.53. The van der Waals surface area contributed by atoms with Crippen LogP contribution in [0.1, 0.15) is 25.7 Å². The van der Waals surface area contributed by atoms with Gasteiger partial charge >= 0.3 is 0 Å². The van der Waals surface area contributed by atoms with E-state index in [1.807, 2.05) is 0 Å². The number of nitrogens with zero attached hydrogens (tertiary/aromatic N) is 1. The number of allylic oxidation sites excluding steroid dienone is 1. The van der Waals surface area contributed by atoms with Crippen LogP contribution in [0, 0.1) is 0 Å². The number of hydrogen-bond acceptors (Lipinski definition) is 2. The molecule has 0 amide bonds. The first kappa shape index (κ1) is 9.22. The maximum absolute atomic E-state index is 3.72. The van der Waals surface area contributed by atoms with E-state index in [4.69, 9.17) is 0 Å². The molecule has 2 nitrogen and oxygen atoms in total. The Kier molecular flexibility index (Phi) is 3.01. The van der Waals surface area contributed by atoms with Gasteiger partial charge < -0.3 is 10.2 Å². The van der Waals surface area contributed by atoms with Gasteiger partial charge in [-0.15, -0.1) is 0 Å². The zero-order valence-electron chi connectivity index (χ0n) is 8.50. The van der Waals surface area contributed by atoms with Crippen LogP contribution >= 0.6 is 0 Å². The van der Waals surface area contributed by atoms with Crippen LogP contribution in [0.3, 0.4) is 0 Å². The highest BCUT2D eigenvalue weighted by Crippen LogP contribution is 2.13. The van der Waals surface area contributed by atoms with Crippen molar-refractivity contribution in [1.29, 1.82) is 0 Å². The molecule has 1 aliphatic carbocycles. The fourth-order valence-electron chi connectivity index (χ4n) is 2.33. The normalized spacial score (nSPS) is 35.5. The molecular formula is C11H20N2. The van der Waals surface area contributed by atoms with Gasteiger partial charge in [-0.1, -0.05) is 12.2 Å². The van der Waals surface area contributed by atoms with E-state index in [0.717, 1.165) is 6.04 Å². The molecule has 13 heavy (non-hydrogen) atoms. The third-order valence-corrected chi connectivity index (χ3v) is 3.10. The van der Waals surface area contributed by atoms with Gasteiger partial charge in [0.15, 0.2) is 0 Å². The van der Waals surface area contributed by atoms with E-state index in [-0.39, 0.29) is 0 Å². The predicted octanol–water partition coefficient (Wildman–Crippen LogP) is 1.39. The minimum absolute atomic E-state index is 0.658. The van der Waals surface area contributed by atoms with E-state index >= 15 is 0 Å². The molecule has 0 saturated carbocycles. The second-order valence-corrected chi connectivity index (χ2v) is 4.38. The van der Waals surface area contributed by atoms with Crippen molar-refractivity contribution in [1.82, 2.24) is 10.2 Å². The van der Waals surface area contributed by atoms with Crippen LogP contribution in [-0.2, 0) is 0 Å². The van der Waals surface area contributed by atoms with Crippen LogP contribution in [-0.4, -0.2) is 37.1 Å². The molecular weight excluding hydrogens is 160 g/mol. The zero-order valence-corrected chi connectivity index (χ0v) is 8.50. The van der Waals surface area contributed by atoms with Crippen molar-refractivity contribution in [3.8, 4) is 0 Å². The van der Waals surface area contributed by atoms with Crippen LogP contribution in [0.4, 0.5) is 0 Å². The van der Waals surface area contributed by atoms with Gasteiger partial charge in [0.05, 0.1) is 0 Å². The lowest BCUT2D eigenvalue weighted by molar-refractivity contribution is 0.384. The van der Waals surface area contributed by atoms with Crippen molar-refractivity contribution in [2.45, 2.75) is 37.8 Å². The second kappa shape index (κ2) is 4.25. The standard InChI is InChI=1S/C11H20N2/c1-13-8-7-11(9-13)12-10-5-3-2-4-6-10/h3,5,10-12H,2,4,6-9H2,1H3. The topological polar surface area (TPSA) is 15.3 Å². The molecule has 0 bridgehead atoms. The van der Waals surface area contributed by atoms with Gasteiger partial charge in [-0.25, -0.2) is 0 Å². The molecule has 2 rings (SSSR count). The minimum Gasteiger partial charge on any atom is -0.306 e. The van der Waals surface area contributed by atoms with Crippen molar-refractivity contribution in [2.75, 3.05) is 20.1 Å². The lowest BCUT2D eigenvalue weighted by atomic mass is 10.0. The first-order valence-corrected chi connectivity index (χ1v) is 5.46. The van der Waals surface area contributed by atoms with Gasteiger partial charge in [-0.2, -0.15) is 0 Å². The monoisotopic (exact) mass is 180 g/mol. The zero-order chi connectivity index (χ0) is 9.10. The third kappa shape index (κ3) is 2.55. The molecule has 2 aliphatic rings. The number of rotatable bonds is 2. The number of likely N-dealkylation sites (tertiary alicyclic amines) is 1. The highest BCUT2D eigenvalue weighted by Gasteiger charge is 2.21. The van der Waals surface area contributed by atoms with Crippen molar-refractivity contribution >= 4 is 0 Å². The van der Waals surface area contributed by atoms with E-state index in [9.17, 15) is 0 Å². The predicted molar refractivity (Wildman–Crippen MR) is 55.8 cm³/mol.